The zero-order chi connectivity index (χ0) is 19.3. The number of amides is 1. The van der Waals surface area contributed by atoms with Crippen molar-refractivity contribution in [2.75, 3.05) is 0 Å². The Bertz CT molecular complexity index is 496. The largest absolute Gasteiger partial charge is 0.387 e. The molecule has 2 unspecified atom stereocenters. The van der Waals surface area contributed by atoms with Crippen molar-refractivity contribution < 1.29 is 4.79 Å². The van der Waals surface area contributed by atoms with Gasteiger partial charge in [-0.05, 0) is 31.6 Å². The summed E-state index contributed by atoms with van der Waals surface area (Å²) >= 11 is 0. The van der Waals surface area contributed by atoms with Gasteiger partial charge in [0.2, 0.25) is 0 Å². The predicted molar refractivity (Wildman–Crippen MR) is 111 cm³/mol. The minimum atomic E-state index is -0.203. The van der Waals surface area contributed by atoms with Crippen LogP contribution in [0.4, 0.5) is 0 Å². The van der Waals surface area contributed by atoms with E-state index in [9.17, 15) is 10.1 Å². The Morgan fingerprint density at radius 1 is 0.852 bits per heavy atom. The molecule has 0 aliphatic heterocycles. The van der Waals surface area contributed by atoms with Crippen molar-refractivity contribution in [1.29, 1.82) is 5.26 Å². The van der Waals surface area contributed by atoms with Crippen LogP contribution in [0.15, 0.2) is 11.8 Å². The van der Waals surface area contributed by atoms with Crippen LogP contribution < -0.4 is 10.6 Å². The quantitative estimate of drug-likeness (QED) is 0.515. The van der Waals surface area contributed by atoms with Crippen molar-refractivity contribution in [2.45, 2.75) is 115 Å². The molecule has 0 heterocycles. The second-order valence-electron chi connectivity index (χ2n) is 8.63. The summed E-state index contributed by atoms with van der Waals surface area (Å²) in [5.74, 6) is 0.398. The lowest BCUT2D eigenvalue weighted by Gasteiger charge is -2.29. The van der Waals surface area contributed by atoms with Crippen molar-refractivity contribution >= 4 is 5.91 Å². The first-order valence-electron chi connectivity index (χ1n) is 11.4. The summed E-state index contributed by atoms with van der Waals surface area (Å²) in [6.45, 7) is 2.25. The molecule has 1 amide bonds. The Morgan fingerprint density at radius 3 is 1.93 bits per heavy atom. The van der Waals surface area contributed by atoms with Gasteiger partial charge in [0.1, 0.15) is 11.6 Å². The molecule has 2 rings (SSSR count). The molecule has 0 saturated heterocycles. The van der Waals surface area contributed by atoms with Gasteiger partial charge in [-0.3, -0.25) is 4.79 Å². The minimum Gasteiger partial charge on any atom is -0.387 e. The molecule has 2 aliphatic rings. The summed E-state index contributed by atoms with van der Waals surface area (Å²) in [7, 11) is 0. The van der Waals surface area contributed by atoms with Crippen LogP contribution in [0.25, 0.3) is 0 Å². The first-order valence-corrected chi connectivity index (χ1v) is 11.4. The molecule has 0 spiro atoms. The molecule has 4 nitrogen and oxygen atoms in total. The number of hydrogen-bond acceptors (Lipinski definition) is 3. The number of nitrogens with one attached hydrogen (secondary N) is 2. The molecule has 2 aliphatic carbocycles. The second-order valence-corrected chi connectivity index (χ2v) is 8.63. The van der Waals surface area contributed by atoms with Gasteiger partial charge in [-0.15, -0.1) is 0 Å². The lowest BCUT2D eigenvalue weighted by atomic mass is 9.86. The number of nitriles is 1. The topological polar surface area (TPSA) is 64.9 Å². The molecule has 2 atom stereocenters. The normalized spacial score (nSPS) is 26.9. The highest BCUT2D eigenvalue weighted by molar-refractivity contribution is 5.97. The summed E-state index contributed by atoms with van der Waals surface area (Å²) < 4.78 is 0. The maximum absolute atomic E-state index is 12.6. The second kappa shape index (κ2) is 12.8. The van der Waals surface area contributed by atoms with Crippen molar-refractivity contribution in [3.8, 4) is 6.07 Å². The molecule has 0 aromatic rings. The molecule has 4 heteroatoms. The Kier molecular flexibility index (Phi) is 10.3. The van der Waals surface area contributed by atoms with Crippen molar-refractivity contribution in [2.24, 2.45) is 5.92 Å². The number of nitrogens with zero attached hydrogens (tertiary/aromatic N) is 1. The van der Waals surface area contributed by atoms with Crippen molar-refractivity contribution in [1.82, 2.24) is 10.6 Å². The summed E-state index contributed by atoms with van der Waals surface area (Å²) in [6.07, 6.45) is 20.2. The van der Waals surface area contributed by atoms with Gasteiger partial charge in [0, 0.05) is 18.3 Å². The van der Waals surface area contributed by atoms with Crippen LogP contribution in [-0.2, 0) is 4.79 Å². The fourth-order valence-electron chi connectivity index (χ4n) is 4.47. The summed E-state index contributed by atoms with van der Waals surface area (Å²) in [4.78, 5) is 12.6. The number of rotatable bonds is 4. The van der Waals surface area contributed by atoms with E-state index in [4.69, 9.17) is 0 Å². The Morgan fingerprint density at radius 2 is 1.37 bits per heavy atom. The minimum absolute atomic E-state index is 0.203. The molecule has 27 heavy (non-hydrogen) atoms. The van der Waals surface area contributed by atoms with Gasteiger partial charge in [0.25, 0.3) is 5.91 Å². The maximum Gasteiger partial charge on any atom is 0.263 e. The molecule has 0 aromatic carbocycles. The number of carbonyl (C=O) groups is 1. The van der Waals surface area contributed by atoms with Gasteiger partial charge in [-0.1, -0.05) is 77.6 Å². The molecule has 0 radical (unpaired) electrons. The van der Waals surface area contributed by atoms with E-state index in [0.717, 1.165) is 19.3 Å². The van der Waals surface area contributed by atoms with E-state index < -0.39 is 0 Å². The van der Waals surface area contributed by atoms with Crippen LogP contribution in [0.1, 0.15) is 103 Å². The van der Waals surface area contributed by atoms with Crippen LogP contribution in [0.3, 0.4) is 0 Å². The summed E-state index contributed by atoms with van der Waals surface area (Å²) in [5.41, 5.74) is 0.221. The van der Waals surface area contributed by atoms with Gasteiger partial charge in [0.05, 0.1) is 0 Å². The highest BCUT2D eigenvalue weighted by Crippen LogP contribution is 2.23. The van der Waals surface area contributed by atoms with E-state index in [2.05, 4.69) is 23.6 Å². The number of carbonyl (C=O) groups excluding carboxylic acids is 1. The molecule has 2 N–H and O–H groups in total. The monoisotopic (exact) mass is 373 g/mol. The first-order chi connectivity index (χ1) is 13.2. The highest BCUT2D eigenvalue weighted by atomic mass is 16.1. The molecule has 0 aromatic heterocycles. The Hall–Kier alpha value is -1.50. The van der Waals surface area contributed by atoms with Crippen molar-refractivity contribution in [3.63, 3.8) is 0 Å². The van der Waals surface area contributed by atoms with Crippen molar-refractivity contribution in [3.05, 3.63) is 11.8 Å². The third kappa shape index (κ3) is 8.37. The van der Waals surface area contributed by atoms with E-state index in [-0.39, 0.29) is 17.5 Å². The molecule has 0 bridgehead atoms. The van der Waals surface area contributed by atoms with Crippen LogP contribution in [0.2, 0.25) is 0 Å². The standard InChI is InChI=1S/C23H39N3O/c1-19-13-11-12-16-22(19)25-18-20(17-24)23(27)26-21-14-9-7-5-3-2-4-6-8-10-15-21/h18-19,21-22,25H,2-16H2,1H3,(H,26,27)/b20-18-. The average Bonchev–Trinajstić information content (AvgIpc) is 2.66. The van der Waals surface area contributed by atoms with Gasteiger partial charge < -0.3 is 10.6 Å². The fraction of sp³-hybridized carbons (Fsp3) is 0.826. The van der Waals surface area contributed by atoms with Gasteiger partial charge in [0.15, 0.2) is 0 Å². The highest BCUT2D eigenvalue weighted by Gasteiger charge is 2.21. The molecular formula is C23H39N3O. The molecule has 2 fully saturated rings. The zero-order valence-corrected chi connectivity index (χ0v) is 17.3. The lowest BCUT2D eigenvalue weighted by Crippen LogP contribution is -2.38. The van der Waals surface area contributed by atoms with E-state index in [1.807, 2.05) is 0 Å². The van der Waals surface area contributed by atoms with Crippen LogP contribution >= 0.6 is 0 Å². The van der Waals surface area contributed by atoms with E-state index in [0.29, 0.717) is 12.0 Å². The third-order valence-electron chi connectivity index (χ3n) is 6.36. The third-order valence-corrected chi connectivity index (χ3v) is 6.36. The van der Waals surface area contributed by atoms with E-state index in [1.54, 1.807) is 6.20 Å². The Balaban J connectivity index is 1.86. The van der Waals surface area contributed by atoms with Crippen LogP contribution in [-0.4, -0.2) is 18.0 Å². The summed E-state index contributed by atoms with van der Waals surface area (Å²) in [5, 5.41) is 16.0. The van der Waals surface area contributed by atoms with Gasteiger partial charge >= 0.3 is 0 Å². The molecular weight excluding hydrogens is 334 g/mol. The average molecular weight is 374 g/mol. The fourth-order valence-corrected chi connectivity index (χ4v) is 4.47. The SMILES string of the molecule is CC1CCCCC1N/C=C(/C#N)C(=O)NC1CCCCCCCCCCC1. The lowest BCUT2D eigenvalue weighted by molar-refractivity contribution is -0.117. The van der Waals surface area contributed by atoms with E-state index in [1.165, 1.54) is 77.0 Å². The summed E-state index contributed by atoms with van der Waals surface area (Å²) in [6, 6.07) is 2.70. The maximum atomic E-state index is 12.6. The molecule has 152 valence electrons. The van der Waals surface area contributed by atoms with Gasteiger partial charge in [-0.25, -0.2) is 0 Å². The van der Waals surface area contributed by atoms with E-state index >= 15 is 0 Å². The molecule has 2 saturated carbocycles. The number of hydrogen-bond donors (Lipinski definition) is 2. The Labute approximate surface area is 166 Å². The van der Waals surface area contributed by atoms with Crippen LogP contribution in [0.5, 0.6) is 0 Å². The zero-order valence-electron chi connectivity index (χ0n) is 17.3. The van der Waals surface area contributed by atoms with Crippen LogP contribution in [0, 0.1) is 17.2 Å². The first kappa shape index (κ1) is 21.8. The smallest absolute Gasteiger partial charge is 0.263 e. The van der Waals surface area contributed by atoms with Gasteiger partial charge in [-0.2, -0.15) is 5.26 Å². The predicted octanol–water partition coefficient (Wildman–Crippen LogP) is 5.35.